The van der Waals surface area contributed by atoms with Crippen molar-refractivity contribution in [3.63, 3.8) is 0 Å². The quantitative estimate of drug-likeness (QED) is 0.501. The Morgan fingerprint density at radius 2 is 1.76 bits per heavy atom. The van der Waals surface area contributed by atoms with Gasteiger partial charge in [0.25, 0.3) is 5.91 Å². The zero-order valence-corrected chi connectivity index (χ0v) is 20.3. The standard InChI is InChI=1S/C26H28N2O5S/c1-18-8-7-11-22(14-18)27-19(2)15-24(20(27)3)26(30)33-16-25(29)28(21-9-5-4-6-10-21)23-12-13-34(31,32)17-23/h4-11,14-15,23H,12-13,16-17H2,1-3H3. The lowest BCUT2D eigenvalue weighted by molar-refractivity contribution is -0.122. The minimum Gasteiger partial charge on any atom is -0.452 e. The summed E-state index contributed by atoms with van der Waals surface area (Å²) in [5.74, 6) is -1.10. The molecule has 34 heavy (non-hydrogen) atoms. The number of carbonyl (C=O) groups excluding carboxylic acids is 2. The lowest BCUT2D eigenvalue weighted by atomic mass is 10.2. The van der Waals surface area contributed by atoms with Crippen molar-refractivity contribution < 1.29 is 22.7 Å². The molecule has 2 heterocycles. The number of aromatic nitrogens is 1. The third kappa shape index (κ3) is 4.92. The Bertz CT molecular complexity index is 1330. The number of amides is 1. The number of nitrogens with zero attached hydrogens (tertiary/aromatic N) is 2. The molecule has 1 aromatic heterocycles. The van der Waals surface area contributed by atoms with Crippen LogP contribution in [-0.2, 0) is 19.4 Å². The molecule has 4 rings (SSSR count). The van der Waals surface area contributed by atoms with Crippen LogP contribution in [0.2, 0.25) is 0 Å². The molecule has 8 heteroatoms. The molecule has 0 aliphatic carbocycles. The van der Waals surface area contributed by atoms with Gasteiger partial charge in [0.05, 0.1) is 23.1 Å². The summed E-state index contributed by atoms with van der Waals surface area (Å²) in [7, 11) is -3.20. The van der Waals surface area contributed by atoms with Gasteiger partial charge in [0.2, 0.25) is 0 Å². The fraction of sp³-hybridized carbons (Fsp3) is 0.308. The highest BCUT2D eigenvalue weighted by atomic mass is 32.2. The highest BCUT2D eigenvalue weighted by molar-refractivity contribution is 7.91. The largest absolute Gasteiger partial charge is 0.452 e. The van der Waals surface area contributed by atoms with Crippen molar-refractivity contribution in [2.24, 2.45) is 0 Å². The number of hydrogen-bond acceptors (Lipinski definition) is 5. The summed E-state index contributed by atoms with van der Waals surface area (Å²) in [6.07, 6.45) is 0.356. The monoisotopic (exact) mass is 480 g/mol. The summed E-state index contributed by atoms with van der Waals surface area (Å²) >= 11 is 0. The second-order valence-electron chi connectivity index (χ2n) is 8.69. The molecule has 1 amide bonds. The highest BCUT2D eigenvalue weighted by Crippen LogP contribution is 2.25. The van der Waals surface area contributed by atoms with Gasteiger partial charge in [-0.3, -0.25) is 4.79 Å². The number of esters is 1. The molecule has 178 valence electrons. The van der Waals surface area contributed by atoms with Crippen LogP contribution < -0.4 is 4.90 Å². The normalized spacial score (nSPS) is 16.9. The molecule has 1 unspecified atom stereocenters. The molecule has 1 saturated heterocycles. The molecule has 3 aromatic rings. The van der Waals surface area contributed by atoms with E-state index in [9.17, 15) is 18.0 Å². The van der Waals surface area contributed by atoms with Gasteiger partial charge in [0, 0.05) is 22.8 Å². The van der Waals surface area contributed by atoms with Crippen molar-refractivity contribution in [3.05, 3.63) is 83.2 Å². The van der Waals surface area contributed by atoms with Crippen molar-refractivity contribution in [1.82, 2.24) is 4.57 Å². The average Bonchev–Trinajstić information content (AvgIpc) is 3.30. The number of anilines is 1. The average molecular weight is 481 g/mol. The molecule has 0 spiro atoms. The summed E-state index contributed by atoms with van der Waals surface area (Å²) in [5.41, 5.74) is 4.63. The topological polar surface area (TPSA) is 85.7 Å². The molecule has 1 aliphatic heterocycles. The number of carbonyl (C=O) groups is 2. The maximum absolute atomic E-state index is 13.1. The van der Waals surface area contributed by atoms with E-state index in [4.69, 9.17) is 4.74 Å². The van der Waals surface area contributed by atoms with E-state index in [-0.39, 0.29) is 11.5 Å². The molecular weight excluding hydrogens is 452 g/mol. The van der Waals surface area contributed by atoms with Gasteiger partial charge < -0.3 is 14.2 Å². The van der Waals surface area contributed by atoms with E-state index >= 15 is 0 Å². The predicted octanol–water partition coefficient (Wildman–Crippen LogP) is 3.78. The minimum absolute atomic E-state index is 0.0407. The van der Waals surface area contributed by atoms with Crippen molar-refractivity contribution in [3.8, 4) is 5.69 Å². The Hall–Kier alpha value is -3.39. The first kappa shape index (κ1) is 23.8. The summed E-state index contributed by atoms with van der Waals surface area (Å²) in [6.45, 7) is 5.28. The van der Waals surface area contributed by atoms with Gasteiger partial charge in [0.1, 0.15) is 0 Å². The number of hydrogen-bond donors (Lipinski definition) is 0. The summed E-state index contributed by atoms with van der Waals surface area (Å²) in [5, 5.41) is 0. The van der Waals surface area contributed by atoms with Crippen LogP contribution in [0.4, 0.5) is 5.69 Å². The van der Waals surface area contributed by atoms with Gasteiger partial charge >= 0.3 is 5.97 Å². The first-order chi connectivity index (χ1) is 16.2. The number of ether oxygens (including phenoxy) is 1. The molecule has 1 aliphatic rings. The van der Waals surface area contributed by atoms with Crippen LogP contribution >= 0.6 is 0 Å². The second kappa shape index (κ2) is 9.46. The zero-order chi connectivity index (χ0) is 24.5. The van der Waals surface area contributed by atoms with Gasteiger partial charge in [-0.1, -0.05) is 30.3 Å². The first-order valence-corrected chi connectivity index (χ1v) is 13.0. The second-order valence-corrected chi connectivity index (χ2v) is 10.9. The Kier molecular flexibility index (Phi) is 6.61. The molecule has 0 bridgehead atoms. The summed E-state index contributed by atoms with van der Waals surface area (Å²) < 4.78 is 31.5. The summed E-state index contributed by atoms with van der Waals surface area (Å²) in [6, 6.07) is 18.1. The van der Waals surface area contributed by atoms with Crippen LogP contribution in [0, 0.1) is 20.8 Å². The number of rotatable bonds is 6. The summed E-state index contributed by atoms with van der Waals surface area (Å²) in [4.78, 5) is 27.5. The molecule has 0 radical (unpaired) electrons. The molecule has 1 fully saturated rings. The van der Waals surface area contributed by atoms with Gasteiger partial charge in [0.15, 0.2) is 16.4 Å². The number of para-hydroxylation sites is 1. The number of benzene rings is 2. The van der Waals surface area contributed by atoms with E-state index in [1.54, 1.807) is 30.3 Å². The molecule has 0 saturated carbocycles. The predicted molar refractivity (Wildman–Crippen MR) is 131 cm³/mol. The van der Waals surface area contributed by atoms with Crippen molar-refractivity contribution >= 4 is 27.4 Å². The smallest absolute Gasteiger partial charge is 0.340 e. The Morgan fingerprint density at radius 1 is 1.03 bits per heavy atom. The highest BCUT2D eigenvalue weighted by Gasteiger charge is 2.36. The van der Waals surface area contributed by atoms with E-state index in [0.29, 0.717) is 17.7 Å². The number of sulfone groups is 1. The Morgan fingerprint density at radius 3 is 2.41 bits per heavy atom. The lowest BCUT2D eigenvalue weighted by Crippen LogP contribution is -2.43. The van der Waals surface area contributed by atoms with E-state index < -0.39 is 34.4 Å². The van der Waals surface area contributed by atoms with Crippen LogP contribution in [0.15, 0.2) is 60.7 Å². The third-order valence-corrected chi connectivity index (χ3v) is 7.86. The third-order valence-electron chi connectivity index (χ3n) is 6.11. The van der Waals surface area contributed by atoms with Crippen LogP contribution in [0.1, 0.15) is 33.7 Å². The fourth-order valence-corrected chi connectivity index (χ4v) is 6.23. The van der Waals surface area contributed by atoms with Gasteiger partial charge in [-0.2, -0.15) is 0 Å². The van der Waals surface area contributed by atoms with Crippen molar-refractivity contribution in [2.45, 2.75) is 33.2 Å². The first-order valence-electron chi connectivity index (χ1n) is 11.2. The van der Waals surface area contributed by atoms with Gasteiger partial charge in [-0.25, -0.2) is 13.2 Å². The maximum atomic E-state index is 13.1. The van der Waals surface area contributed by atoms with Crippen LogP contribution in [0.25, 0.3) is 5.69 Å². The van der Waals surface area contributed by atoms with E-state index in [1.165, 1.54) is 4.90 Å². The van der Waals surface area contributed by atoms with Crippen molar-refractivity contribution in [2.75, 3.05) is 23.0 Å². The fourth-order valence-electron chi connectivity index (χ4n) is 4.53. The van der Waals surface area contributed by atoms with Gasteiger partial charge in [-0.15, -0.1) is 0 Å². The molecule has 0 N–H and O–H groups in total. The van der Waals surface area contributed by atoms with Gasteiger partial charge in [-0.05, 0) is 63.1 Å². The van der Waals surface area contributed by atoms with Crippen LogP contribution in [0.3, 0.4) is 0 Å². The SMILES string of the molecule is Cc1cccc(-n2c(C)cc(C(=O)OCC(=O)N(c3ccccc3)C3CCS(=O)(=O)C3)c2C)c1. The van der Waals surface area contributed by atoms with Crippen LogP contribution in [-0.4, -0.2) is 49.0 Å². The number of aryl methyl sites for hydroxylation is 2. The minimum atomic E-state index is -3.20. The Labute approximate surface area is 199 Å². The zero-order valence-electron chi connectivity index (χ0n) is 19.5. The molecule has 2 aromatic carbocycles. The van der Waals surface area contributed by atoms with E-state index in [1.807, 2.05) is 55.7 Å². The maximum Gasteiger partial charge on any atom is 0.340 e. The van der Waals surface area contributed by atoms with Crippen molar-refractivity contribution in [1.29, 1.82) is 0 Å². The van der Waals surface area contributed by atoms with Crippen LogP contribution in [0.5, 0.6) is 0 Å². The molecule has 7 nitrogen and oxygen atoms in total. The van der Waals surface area contributed by atoms with E-state index in [2.05, 4.69) is 0 Å². The molecule has 1 atom stereocenters. The molecular formula is C26H28N2O5S. The lowest BCUT2D eigenvalue weighted by Gasteiger charge is -2.28. The van der Waals surface area contributed by atoms with E-state index in [0.717, 1.165) is 22.6 Å². The Balaban J connectivity index is 1.53.